The molecular weight excluding hydrogens is 267 g/mol. The lowest BCUT2D eigenvalue weighted by atomic mass is 10.2. The summed E-state index contributed by atoms with van der Waals surface area (Å²) in [5.74, 6) is -1.89. The van der Waals surface area contributed by atoms with Gasteiger partial charge in [-0.2, -0.15) is 5.10 Å². The number of H-pyrrole nitrogens is 1. The summed E-state index contributed by atoms with van der Waals surface area (Å²) in [7, 11) is 0. The van der Waals surface area contributed by atoms with Crippen molar-refractivity contribution in [2.24, 2.45) is 0 Å². The molecule has 104 valence electrons. The number of aromatic amines is 1. The molecule has 2 aromatic rings. The predicted molar refractivity (Wildman–Crippen MR) is 67.8 cm³/mol. The van der Waals surface area contributed by atoms with Crippen molar-refractivity contribution < 1.29 is 19.1 Å². The third-order valence-electron chi connectivity index (χ3n) is 2.47. The van der Waals surface area contributed by atoms with Crippen molar-refractivity contribution in [2.75, 3.05) is 5.32 Å². The van der Waals surface area contributed by atoms with Crippen LogP contribution in [0.3, 0.4) is 0 Å². The highest BCUT2D eigenvalue weighted by Gasteiger charge is 2.13. The summed E-state index contributed by atoms with van der Waals surface area (Å²) < 4.78 is 13.1. The van der Waals surface area contributed by atoms with E-state index in [1.165, 1.54) is 6.20 Å². The molecule has 1 aromatic heterocycles. The maximum atomic E-state index is 13.1. The summed E-state index contributed by atoms with van der Waals surface area (Å²) >= 11 is 0. The SMILES string of the molecule is O=C(NCc1cn[nH]c1)Nc1cc(F)ccc1C(=O)O. The molecule has 0 radical (unpaired) electrons. The fourth-order valence-electron chi connectivity index (χ4n) is 1.53. The standard InChI is InChI=1S/C12H11FN4O3/c13-8-1-2-9(11(18)19)10(3-8)17-12(20)14-4-7-5-15-16-6-7/h1-3,5-6H,4H2,(H,15,16)(H,18,19)(H2,14,17,20). The number of anilines is 1. The molecule has 2 amide bonds. The number of carbonyl (C=O) groups excluding carboxylic acids is 1. The molecule has 8 heteroatoms. The van der Waals surface area contributed by atoms with Crippen LogP contribution in [-0.4, -0.2) is 27.3 Å². The Labute approximate surface area is 112 Å². The minimum Gasteiger partial charge on any atom is -0.478 e. The van der Waals surface area contributed by atoms with Crippen molar-refractivity contribution in [3.8, 4) is 0 Å². The Morgan fingerprint density at radius 2 is 2.20 bits per heavy atom. The summed E-state index contributed by atoms with van der Waals surface area (Å²) in [6, 6.07) is 2.40. The number of nitrogens with zero attached hydrogens (tertiary/aromatic N) is 1. The fourth-order valence-corrected chi connectivity index (χ4v) is 1.53. The van der Waals surface area contributed by atoms with Gasteiger partial charge in [-0.15, -0.1) is 0 Å². The molecule has 0 atom stereocenters. The number of carbonyl (C=O) groups is 2. The Hall–Kier alpha value is -2.90. The zero-order chi connectivity index (χ0) is 14.5. The van der Waals surface area contributed by atoms with Gasteiger partial charge >= 0.3 is 12.0 Å². The number of urea groups is 1. The second-order valence-corrected chi connectivity index (χ2v) is 3.91. The van der Waals surface area contributed by atoms with Gasteiger partial charge in [-0.1, -0.05) is 0 Å². The zero-order valence-electron chi connectivity index (χ0n) is 10.2. The molecule has 0 fully saturated rings. The summed E-state index contributed by atoms with van der Waals surface area (Å²) in [4.78, 5) is 22.6. The molecule has 1 aromatic carbocycles. The van der Waals surface area contributed by atoms with Crippen LogP contribution in [-0.2, 0) is 6.54 Å². The second kappa shape index (κ2) is 5.83. The van der Waals surface area contributed by atoms with E-state index in [-0.39, 0.29) is 17.8 Å². The van der Waals surface area contributed by atoms with Crippen LogP contribution in [0.4, 0.5) is 14.9 Å². The van der Waals surface area contributed by atoms with Gasteiger partial charge in [0.2, 0.25) is 0 Å². The largest absolute Gasteiger partial charge is 0.478 e. The van der Waals surface area contributed by atoms with Crippen LogP contribution in [0.1, 0.15) is 15.9 Å². The van der Waals surface area contributed by atoms with Gasteiger partial charge in [-0.05, 0) is 18.2 Å². The van der Waals surface area contributed by atoms with E-state index in [4.69, 9.17) is 5.11 Å². The van der Waals surface area contributed by atoms with E-state index in [2.05, 4.69) is 20.8 Å². The molecule has 0 aliphatic carbocycles. The van der Waals surface area contributed by atoms with Gasteiger partial charge in [0.05, 0.1) is 17.4 Å². The van der Waals surface area contributed by atoms with E-state index in [1.54, 1.807) is 6.20 Å². The van der Waals surface area contributed by atoms with Crippen LogP contribution in [0.5, 0.6) is 0 Å². The molecule has 0 aliphatic rings. The lowest BCUT2D eigenvalue weighted by Gasteiger charge is -2.09. The Morgan fingerprint density at radius 1 is 1.40 bits per heavy atom. The van der Waals surface area contributed by atoms with Gasteiger partial charge in [0.25, 0.3) is 0 Å². The number of carboxylic acids is 1. The predicted octanol–water partition coefficient (Wildman–Crippen LogP) is 1.57. The number of rotatable bonds is 4. The first-order chi connectivity index (χ1) is 9.56. The lowest BCUT2D eigenvalue weighted by Crippen LogP contribution is -2.28. The highest BCUT2D eigenvalue weighted by molar-refractivity contribution is 5.99. The summed E-state index contributed by atoms with van der Waals surface area (Å²) in [6.45, 7) is 0.208. The molecule has 0 bridgehead atoms. The maximum absolute atomic E-state index is 13.1. The topological polar surface area (TPSA) is 107 Å². The first kappa shape index (κ1) is 13.5. The van der Waals surface area contributed by atoms with Crippen LogP contribution in [0.2, 0.25) is 0 Å². The quantitative estimate of drug-likeness (QED) is 0.680. The van der Waals surface area contributed by atoms with Crippen LogP contribution in [0.15, 0.2) is 30.6 Å². The smallest absolute Gasteiger partial charge is 0.337 e. The van der Waals surface area contributed by atoms with E-state index in [0.717, 1.165) is 23.8 Å². The lowest BCUT2D eigenvalue weighted by molar-refractivity contribution is 0.0698. The Balaban J connectivity index is 2.03. The maximum Gasteiger partial charge on any atom is 0.337 e. The summed E-state index contributed by atoms with van der Waals surface area (Å²) in [5, 5.41) is 20.0. The number of hydrogen-bond donors (Lipinski definition) is 4. The Kier molecular flexibility index (Phi) is 3.94. The van der Waals surface area contributed by atoms with Gasteiger partial charge in [-0.25, -0.2) is 14.0 Å². The first-order valence-corrected chi connectivity index (χ1v) is 5.61. The molecule has 20 heavy (non-hydrogen) atoms. The van der Waals surface area contributed by atoms with Crippen LogP contribution in [0.25, 0.3) is 0 Å². The Morgan fingerprint density at radius 3 is 2.85 bits per heavy atom. The molecule has 4 N–H and O–H groups in total. The van der Waals surface area contributed by atoms with E-state index >= 15 is 0 Å². The minimum absolute atomic E-state index is 0.109. The molecule has 1 heterocycles. The van der Waals surface area contributed by atoms with Crippen molar-refractivity contribution in [3.63, 3.8) is 0 Å². The molecule has 0 saturated carbocycles. The fraction of sp³-hybridized carbons (Fsp3) is 0.0833. The van der Waals surface area contributed by atoms with Crippen LogP contribution < -0.4 is 10.6 Å². The van der Waals surface area contributed by atoms with Gasteiger partial charge in [0.15, 0.2) is 0 Å². The molecule has 0 saturated heterocycles. The minimum atomic E-state index is -1.25. The molecule has 0 aliphatic heterocycles. The zero-order valence-corrected chi connectivity index (χ0v) is 10.2. The normalized spacial score (nSPS) is 10.1. The third kappa shape index (κ3) is 3.31. The number of nitrogens with one attached hydrogen (secondary N) is 3. The van der Waals surface area contributed by atoms with E-state index < -0.39 is 17.8 Å². The molecule has 0 spiro atoms. The number of aromatic carboxylic acids is 1. The number of hydrogen-bond acceptors (Lipinski definition) is 3. The summed E-state index contributed by atoms with van der Waals surface area (Å²) in [5.41, 5.74) is 0.449. The number of amides is 2. The van der Waals surface area contributed by atoms with Crippen molar-refractivity contribution in [1.82, 2.24) is 15.5 Å². The van der Waals surface area contributed by atoms with Crippen molar-refractivity contribution in [2.45, 2.75) is 6.54 Å². The Bertz CT molecular complexity index is 628. The average Bonchev–Trinajstić information content (AvgIpc) is 2.89. The highest BCUT2D eigenvalue weighted by atomic mass is 19.1. The first-order valence-electron chi connectivity index (χ1n) is 5.61. The average molecular weight is 278 g/mol. The highest BCUT2D eigenvalue weighted by Crippen LogP contribution is 2.17. The molecule has 7 nitrogen and oxygen atoms in total. The summed E-state index contributed by atoms with van der Waals surface area (Å²) in [6.07, 6.45) is 3.14. The monoisotopic (exact) mass is 278 g/mol. The number of halogens is 1. The second-order valence-electron chi connectivity index (χ2n) is 3.91. The van der Waals surface area contributed by atoms with E-state index in [0.29, 0.717) is 0 Å². The molecule has 2 rings (SSSR count). The third-order valence-corrected chi connectivity index (χ3v) is 2.47. The van der Waals surface area contributed by atoms with Gasteiger partial charge in [0, 0.05) is 18.3 Å². The van der Waals surface area contributed by atoms with Crippen LogP contribution in [0, 0.1) is 5.82 Å². The van der Waals surface area contributed by atoms with Crippen molar-refractivity contribution >= 4 is 17.7 Å². The van der Waals surface area contributed by atoms with E-state index in [1.807, 2.05) is 0 Å². The molecular formula is C12H11FN4O3. The molecule has 0 unspecified atom stereocenters. The number of benzene rings is 1. The van der Waals surface area contributed by atoms with Crippen LogP contribution >= 0.6 is 0 Å². The number of aromatic nitrogens is 2. The number of carboxylic acid groups (broad SMARTS) is 1. The van der Waals surface area contributed by atoms with Crippen molar-refractivity contribution in [3.05, 3.63) is 47.5 Å². The van der Waals surface area contributed by atoms with E-state index in [9.17, 15) is 14.0 Å². The van der Waals surface area contributed by atoms with Gasteiger partial charge < -0.3 is 15.7 Å². The van der Waals surface area contributed by atoms with Gasteiger partial charge in [-0.3, -0.25) is 5.10 Å². The van der Waals surface area contributed by atoms with Gasteiger partial charge in [0.1, 0.15) is 5.82 Å². The van der Waals surface area contributed by atoms with Crippen molar-refractivity contribution in [1.29, 1.82) is 0 Å².